The van der Waals surface area contributed by atoms with Gasteiger partial charge in [-0.2, -0.15) is 13.2 Å². The van der Waals surface area contributed by atoms with Crippen LogP contribution in [0.15, 0.2) is 0 Å². The summed E-state index contributed by atoms with van der Waals surface area (Å²) in [5, 5.41) is 3.41. The first-order valence-corrected chi connectivity index (χ1v) is 7.25. The number of alkyl halides is 3. The molecule has 1 N–H and O–H groups in total. The monoisotopic (exact) mass is 281 g/mol. The van der Waals surface area contributed by atoms with Gasteiger partial charge in [0.05, 0.1) is 6.10 Å². The molecule has 0 saturated heterocycles. The van der Waals surface area contributed by atoms with Crippen molar-refractivity contribution in [2.75, 3.05) is 13.2 Å². The second kappa shape index (κ2) is 7.48. The fourth-order valence-electron chi connectivity index (χ4n) is 3.06. The fourth-order valence-corrected chi connectivity index (χ4v) is 3.06. The molecule has 0 aromatic heterocycles. The summed E-state index contributed by atoms with van der Waals surface area (Å²) in [6.07, 6.45) is -2.59. The van der Waals surface area contributed by atoms with E-state index in [0.717, 1.165) is 19.4 Å². The Morgan fingerprint density at radius 3 is 2.47 bits per heavy atom. The Balaban J connectivity index is 2.39. The normalized spacial score (nSPS) is 32.5. The first-order chi connectivity index (χ1) is 8.83. The SMILES string of the molecule is CCNC1CC(C)CC(C)C1OCCCC(F)(F)F. The topological polar surface area (TPSA) is 21.3 Å². The molecular formula is C14H26F3NO. The lowest BCUT2D eigenvalue weighted by Gasteiger charge is -2.39. The van der Waals surface area contributed by atoms with Crippen molar-refractivity contribution in [3.05, 3.63) is 0 Å². The zero-order valence-electron chi connectivity index (χ0n) is 12.1. The molecule has 1 aliphatic rings. The van der Waals surface area contributed by atoms with E-state index in [0.29, 0.717) is 11.8 Å². The van der Waals surface area contributed by atoms with Crippen LogP contribution in [0.1, 0.15) is 46.5 Å². The summed E-state index contributed by atoms with van der Waals surface area (Å²) in [5.74, 6) is 1.05. The molecule has 4 unspecified atom stereocenters. The van der Waals surface area contributed by atoms with Gasteiger partial charge in [0.1, 0.15) is 0 Å². The van der Waals surface area contributed by atoms with E-state index in [1.165, 1.54) is 0 Å². The van der Waals surface area contributed by atoms with Crippen molar-refractivity contribution in [1.82, 2.24) is 5.32 Å². The predicted molar refractivity (Wildman–Crippen MR) is 70.1 cm³/mol. The van der Waals surface area contributed by atoms with Crippen LogP contribution >= 0.6 is 0 Å². The second-order valence-corrected chi connectivity index (χ2v) is 5.77. The van der Waals surface area contributed by atoms with Gasteiger partial charge in [-0.3, -0.25) is 0 Å². The lowest BCUT2D eigenvalue weighted by molar-refractivity contribution is -0.140. The smallest absolute Gasteiger partial charge is 0.376 e. The number of hydrogen-bond donors (Lipinski definition) is 1. The van der Waals surface area contributed by atoms with Gasteiger partial charge in [-0.15, -0.1) is 0 Å². The highest BCUT2D eigenvalue weighted by atomic mass is 19.4. The Labute approximate surface area is 114 Å². The maximum atomic E-state index is 12.1. The summed E-state index contributed by atoms with van der Waals surface area (Å²) in [5.41, 5.74) is 0. The van der Waals surface area contributed by atoms with Gasteiger partial charge in [0.2, 0.25) is 0 Å². The number of likely N-dealkylation sites (N-methyl/N-ethyl adjacent to an activating group) is 1. The Morgan fingerprint density at radius 1 is 1.21 bits per heavy atom. The third-order valence-electron chi connectivity index (χ3n) is 3.77. The van der Waals surface area contributed by atoms with Crippen molar-refractivity contribution in [2.45, 2.75) is 64.8 Å². The molecule has 0 amide bonds. The maximum absolute atomic E-state index is 12.1. The standard InChI is InChI=1S/C14H26F3NO/c1-4-18-12-9-10(2)8-11(3)13(12)19-7-5-6-14(15,16)17/h10-13,18H,4-9H2,1-3H3. The molecule has 0 aliphatic heterocycles. The number of nitrogens with one attached hydrogen (secondary N) is 1. The van der Waals surface area contributed by atoms with E-state index in [4.69, 9.17) is 4.74 Å². The van der Waals surface area contributed by atoms with Crippen LogP contribution in [0, 0.1) is 11.8 Å². The molecule has 1 rings (SSSR count). The minimum absolute atomic E-state index is 0.0457. The molecule has 0 aromatic rings. The van der Waals surface area contributed by atoms with Crippen LogP contribution in [0.4, 0.5) is 13.2 Å². The van der Waals surface area contributed by atoms with Gasteiger partial charge in [-0.05, 0) is 37.6 Å². The summed E-state index contributed by atoms with van der Waals surface area (Å²) in [6.45, 7) is 7.47. The molecule has 0 aromatic carbocycles. The van der Waals surface area contributed by atoms with E-state index in [2.05, 4.69) is 19.2 Å². The summed E-state index contributed by atoms with van der Waals surface area (Å²) >= 11 is 0. The van der Waals surface area contributed by atoms with Crippen molar-refractivity contribution in [1.29, 1.82) is 0 Å². The predicted octanol–water partition coefficient (Wildman–Crippen LogP) is 3.76. The molecule has 1 aliphatic carbocycles. The average Bonchev–Trinajstić information content (AvgIpc) is 2.25. The van der Waals surface area contributed by atoms with E-state index in [1.54, 1.807) is 0 Å². The summed E-state index contributed by atoms with van der Waals surface area (Å²) in [6, 6.07) is 0.273. The Morgan fingerprint density at radius 2 is 1.89 bits per heavy atom. The number of rotatable bonds is 6. The molecule has 5 heteroatoms. The van der Waals surface area contributed by atoms with E-state index >= 15 is 0 Å². The minimum Gasteiger partial charge on any atom is -0.376 e. The lowest BCUT2D eigenvalue weighted by atomic mass is 9.78. The summed E-state index contributed by atoms with van der Waals surface area (Å²) in [4.78, 5) is 0. The zero-order chi connectivity index (χ0) is 14.5. The zero-order valence-corrected chi connectivity index (χ0v) is 12.1. The molecule has 0 radical (unpaired) electrons. The second-order valence-electron chi connectivity index (χ2n) is 5.77. The Kier molecular flexibility index (Phi) is 6.60. The van der Waals surface area contributed by atoms with Gasteiger partial charge in [-0.1, -0.05) is 20.8 Å². The quantitative estimate of drug-likeness (QED) is 0.749. The Hall–Kier alpha value is -0.290. The van der Waals surface area contributed by atoms with Gasteiger partial charge >= 0.3 is 6.18 Å². The van der Waals surface area contributed by atoms with Gasteiger partial charge in [-0.25, -0.2) is 0 Å². The minimum atomic E-state index is -4.07. The van der Waals surface area contributed by atoms with E-state index in [1.807, 2.05) is 6.92 Å². The molecule has 4 atom stereocenters. The molecular weight excluding hydrogens is 255 g/mol. The van der Waals surface area contributed by atoms with Crippen LogP contribution in [-0.4, -0.2) is 31.5 Å². The highest BCUT2D eigenvalue weighted by Crippen LogP contribution is 2.31. The van der Waals surface area contributed by atoms with E-state index < -0.39 is 12.6 Å². The van der Waals surface area contributed by atoms with Gasteiger partial charge < -0.3 is 10.1 Å². The molecule has 0 bridgehead atoms. The van der Waals surface area contributed by atoms with Crippen molar-refractivity contribution < 1.29 is 17.9 Å². The lowest BCUT2D eigenvalue weighted by Crippen LogP contribution is -2.49. The maximum Gasteiger partial charge on any atom is 0.389 e. The largest absolute Gasteiger partial charge is 0.389 e. The molecule has 114 valence electrons. The van der Waals surface area contributed by atoms with Crippen LogP contribution < -0.4 is 5.32 Å². The average molecular weight is 281 g/mol. The molecule has 0 spiro atoms. The number of ether oxygens (including phenoxy) is 1. The summed E-state index contributed by atoms with van der Waals surface area (Å²) in [7, 11) is 0. The van der Waals surface area contributed by atoms with Gasteiger partial charge in [0, 0.05) is 19.1 Å². The van der Waals surface area contributed by atoms with Crippen LogP contribution in [0.5, 0.6) is 0 Å². The highest BCUT2D eigenvalue weighted by Gasteiger charge is 2.34. The fraction of sp³-hybridized carbons (Fsp3) is 1.00. The number of halogens is 3. The summed E-state index contributed by atoms with van der Waals surface area (Å²) < 4.78 is 42.0. The highest BCUT2D eigenvalue weighted by molar-refractivity contribution is 4.88. The van der Waals surface area contributed by atoms with E-state index in [9.17, 15) is 13.2 Å². The molecule has 1 fully saturated rings. The van der Waals surface area contributed by atoms with E-state index in [-0.39, 0.29) is 25.2 Å². The van der Waals surface area contributed by atoms with Crippen molar-refractivity contribution in [3.8, 4) is 0 Å². The van der Waals surface area contributed by atoms with Gasteiger partial charge in [0.15, 0.2) is 0 Å². The van der Waals surface area contributed by atoms with Crippen LogP contribution in [0.2, 0.25) is 0 Å². The van der Waals surface area contributed by atoms with Crippen LogP contribution in [-0.2, 0) is 4.74 Å². The first kappa shape index (κ1) is 16.8. The van der Waals surface area contributed by atoms with Crippen LogP contribution in [0.25, 0.3) is 0 Å². The van der Waals surface area contributed by atoms with Crippen LogP contribution in [0.3, 0.4) is 0 Å². The van der Waals surface area contributed by atoms with Gasteiger partial charge in [0.25, 0.3) is 0 Å². The third kappa shape index (κ3) is 6.13. The first-order valence-electron chi connectivity index (χ1n) is 7.25. The van der Waals surface area contributed by atoms with Crippen molar-refractivity contribution in [3.63, 3.8) is 0 Å². The molecule has 2 nitrogen and oxygen atoms in total. The molecule has 1 saturated carbocycles. The van der Waals surface area contributed by atoms with Crippen molar-refractivity contribution >= 4 is 0 Å². The third-order valence-corrected chi connectivity index (χ3v) is 3.77. The Bertz CT molecular complexity index is 258. The van der Waals surface area contributed by atoms with Crippen molar-refractivity contribution in [2.24, 2.45) is 11.8 Å². The molecule has 19 heavy (non-hydrogen) atoms. The number of hydrogen-bond acceptors (Lipinski definition) is 2. The molecule has 0 heterocycles.